The van der Waals surface area contributed by atoms with Crippen LogP contribution in [-0.2, 0) is 0 Å². The molecule has 1 aromatic heterocycles. The van der Waals surface area contributed by atoms with Gasteiger partial charge in [0.25, 0.3) is 5.91 Å². The summed E-state index contributed by atoms with van der Waals surface area (Å²) in [4.78, 5) is 14.0. The number of nitrogens with one attached hydrogen (secondary N) is 1. The molecule has 0 saturated carbocycles. The molecule has 1 N–H and O–H groups in total. The van der Waals surface area contributed by atoms with Gasteiger partial charge in [0, 0.05) is 25.2 Å². The first-order valence-corrected chi connectivity index (χ1v) is 7.00. The summed E-state index contributed by atoms with van der Waals surface area (Å²) in [6.45, 7) is 3.16. The third kappa shape index (κ3) is 3.97. The zero-order valence-corrected chi connectivity index (χ0v) is 14.3. The van der Waals surface area contributed by atoms with Gasteiger partial charge in [-0.1, -0.05) is 22.9 Å². The van der Waals surface area contributed by atoms with Crippen LogP contribution in [0.15, 0.2) is 24.3 Å². The minimum atomic E-state index is -0.143. The summed E-state index contributed by atoms with van der Waals surface area (Å²) >= 11 is 5.98. The number of halogens is 2. The van der Waals surface area contributed by atoms with Crippen LogP contribution in [0.2, 0.25) is 5.02 Å². The van der Waals surface area contributed by atoms with Crippen molar-refractivity contribution in [3.05, 3.63) is 40.7 Å². The van der Waals surface area contributed by atoms with Crippen molar-refractivity contribution in [3.63, 3.8) is 0 Å². The summed E-state index contributed by atoms with van der Waals surface area (Å²) in [5, 5.41) is 11.7. The lowest BCUT2D eigenvalue weighted by molar-refractivity contribution is 0.0790. The first-order chi connectivity index (χ1) is 10.0. The van der Waals surface area contributed by atoms with Crippen LogP contribution < -0.4 is 5.32 Å². The number of aromatic nitrogens is 3. The van der Waals surface area contributed by atoms with Crippen LogP contribution in [0.4, 0.5) is 0 Å². The highest BCUT2D eigenvalue weighted by Crippen LogP contribution is 2.17. The highest BCUT2D eigenvalue weighted by molar-refractivity contribution is 6.30. The highest BCUT2D eigenvalue weighted by Gasteiger charge is 2.20. The molecule has 0 saturated heterocycles. The Hall–Kier alpha value is -1.63. The van der Waals surface area contributed by atoms with Crippen molar-refractivity contribution in [2.45, 2.75) is 6.92 Å². The summed E-state index contributed by atoms with van der Waals surface area (Å²) in [6, 6.07) is 7.27. The molecule has 6 nitrogen and oxygen atoms in total. The zero-order chi connectivity index (χ0) is 15.4. The normalized spacial score (nSPS) is 10.2. The van der Waals surface area contributed by atoms with Gasteiger partial charge < -0.3 is 10.2 Å². The van der Waals surface area contributed by atoms with Gasteiger partial charge in [0.15, 0.2) is 5.69 Å². The lowest BCUT2D eigenvalue weighted by atomic mass is 10.2. The molecule has 0 bridgehead atoms. The maximum absolute atomic E-state index is 12.3. The molecule has 8 heteroatoms. The van der Waals surface area contributed by atoms with Gasteiger partial charge in [-0.15, -0.1) is 17.5 Å². The van der Waals surface area contributed by atoms with E-state index in [2.05, 4.69) is 15.6 Å². The second kappa shape index (κ2) is 8.12. The van der Waals surface area contributed by atoms with Crippen LogP contribution >= 0.6 is 24.0 Å². The molecule has 0 aliphatic carbocycles. The van der Waals surface area contributed by atoms with Gasteiger partial charge in [-0.2, -0.15) is 0 Å². The van der Waals surface area contributed by atoms with Gasteiger partial charge in [0.2, 0.25) is 0 Å². The highest BCUT2D eigenvalue weighted by atomic mass is 35.5. The lowest BCUT2D eigenvalue weighted by Gasteiger charge is -2.15. The van der Waals surface area contributed by atoms with E-state index in [4.69, 9.17) is 11.6 Å². The van der Waals surface area contributed by atoms with E-state index in [1.165, 1.54) is 0 Å². The topological polar surface area (TPSA) is 63.1 Å². The number of nitrogens with zero attached hydrogens (tertiary/aromatic N) is 4. The lowest BCUT2D eigenvalue weighted by Crippen LogP contribution is -2.33. The van der Waals surface area contributed by atoms with Crippen molar-refractivity contribution in [3.8, 4) is 5.69 Å². The number of carbonyl (C=O) groups is 1. The fourth-order valence-electron chi connectivity index (χ4n) is 1.94. The van der Waals surface area contributed by atoms with Crippen molar-refractivity contribution in [2.24, 2.45) is 0 Å². The Morgan fingerprint density at radius 3 is 2.82 bits per heavy atom. The average Bonchev–Trinajstić information content (AvgIpc) is 2.85. The molecule has 0 atom stereocenters. The van der Waals surface area contributed by atoms with Gasteiger partial charge in [0.05, 0.1) is 11.4 Å². The third-order valence-electron chi connectivity index (χ3n) is 3.19. The van der Waals surface area contributed by atoms with Crippen LogP contribution in [0.1, 0.15) is 16.2 Å². The Morgan fingerprint density at radius 2 is 2.18 bits per heavy atom. The molecule has 1 amide bonds. The van der Waals surface area contributed by atoms with Gasteiger partial charge in [-0.3, -0.25) is 4.79 Å². The minimum absolute atomic E-state index is 0. The van der Waals surface area contributed by atoms with E-state index in [9.17, 15) is 4.79 Å². The van der Waals surface area contributed by atoms with E-state index in [1.807, 2.05) is 26.1 Å². The fourth-order valence-corrected chi connectivity index (χ4v) is 2.13. The van der Waals surface area contributed by atoms with Crippen LogP contribution in [0.25, 0.3) is 5.69 Å². The van der Waals surface area contributed by atoms with E-state index in [0.29, 0.717) is 23.0 Å². The van der Waals surface area contributed by atoms with Crippen LogP contribution in [0.3, 0.4) is 0 Å². The molecule has 1 aromatic carbocycles. The maximum atomic E-state index is 12.3. The molecule has 2 rings (SSSR count). The molecule has 120 valence electrons. The quantitative estimate of drug-likeness (QED) is 0.901. The zero-order valence-electron chi connectivity index (χ0n) is 12.7. The van der Waals surface area contributed by atoms with E-state index >= 15 is 0 Å². The molecule has 0 unspecified atom stereocenters. The molecule has 22 heavy (non-hydrogen) atoms. The van der Waals surface area contributed by atoms with Crippen molar-refractivity contribution >= 4 is 29.9 Å². The summed E-state index contributed by atoms with van der Waals surface area (Å²) in [6.07, 6.45) is 0. The van der Waals surface area contributed by atoms with Crippen molar-refractivity contribution in [1.82, 2.24) is 25.2 Å². The van der Waals surface area contributed by atoms with Crippen molar-refractivity contribution in [1.29, 1.82) is 0 Å². The summed E-state index contributed by atoms with van der Waals surface area (Å²) in [7, 11) is 3.59. The van der Waals surface area contributed by atoms with E-state index < -0.39 is 0 Å². The number of hydrogen-bond donors (Lipinski definition) is 1. The molecular weight excluding hydrogens is 325 g/mol. The van der Waals surface area contributed by atoms with Crippen LogP contribution in [0.5, 0.6) is 0 Å². The Kier molecular flexibility index (Phi) is 6.80. The Balaban J connectivity index is 0.00000242. The Bertz CT molecular complexity index is 644. The van der Waals surface area contributed by atoms with Crippen molar-refractivity contribution in [2.75, 3.05) is 27.2 Å². The van der Waals surface area contributed by atoms with E-state index in [0.717, 1.165) is 12.2 Å². The maximum Gasteiger partial charge on any atom is 0.276 e. The van der Waals surface area contributed by atoms with Crippen LogP contribution in [-0.4, -0.2) is 53.0 Å². The van der Waals surface area contributed by atoms with E-state index in [1.54, 1.807) is 28.8 Å². The van der Waals surface area contributed by atoms with Gasteiger partial charge in [-0.25, -0.2) is 4.68 Å². The first kappa shape index (κ1) is 18.4. The number of carbonyl (C=O) groups excluding carboxylic acids is 1. The summed E-state index contributed by atoms with van der Waals surface area (Å²) in [5.74, 6) is -0.143. The van der Waals surface area contributed by atoms with Crippen molar-refractivity contribution < 1.29 is 4.79 Å². The molecule has 0 spiro atoms. The second-order valence-electron chi connectivity index (χ2n) is 4.75. The van der Waals surface area contributed by atoms with Gasteiger partial charge in [-0.05, 0) is 32.2 Å². The summed E-state index contributed by atoms with van der Waals surface area (Å²) in [5.41, 5.74) is 1.83. The number of benzene rings is 1. The van der Waals surface area contributed by atoms with Gasteiger partial charge >= 0.3 is 0 Å². The predicted molar refractivity (Wildman–Crippen MR) is 89.2 cm³/mol. The molecule has 1 heterocycles. The Labute approximate surface area is 140 Å². The van der Waals surface area contributed by atoms with E-state index in [-0.39, 0.29) is 18.3 Å². The third-order valence-corrected chi connectivity index (χ3v) is 3.43. The number of amides is 1. The SMILES string of the molecule is CNCCN(C)C(=O)c1nnn(-c2cccc(Cl)c2)c1C.Cl. The molecule has 0 aliphatic rings. The number of hydrogen-bond acceptors (Lipinski definition) is 4. The number of rotatable bonds is 5. The minimum Gasteiger partial charge on any atom is -0.339 e. The molecule has 2 aromatic rings. The smallest absolute Gasteiger partial charge is 0.276 e. The standard InChI is InChI=1S/C14H18ClN5O.ClH/c1-10-13(14(21)19(3)8-7-16-2)17-18-20(10)12-6-4-5-11(15)9-12;/h4-6,9,16H,7-8H2,1-3H3;1H. The predicted octanol–water partition coefficient (Wildman–Crippen LogP) is 1.94. The number of likely N-dealkylation sites (N-methyl/N-ethyl adjacent to an activating group) is 2. The molecule has 0 fully saturated rings. The molecule has 0 radical (unpaired) electrons. The average molecular weight is 344 g/mol. The first-order valence-electron chi connectivity index (χ1n) is 6.63. The monoisotopic (exact) mass is 343 g/mol. The van der Waals surface area contributed by atoms with Crippen LogP contribution in [0, 0.1) is 6.92 Å². The largest absolute Gasteiger partial charge is 0.339 e. The summed E-state index contributed by atoms with van der Waals surface area (Å²) < 4.78 is 1.62. The molecular formula is C14H19Cl2N5O. The molecule has 0 aliphatic heterocycles. The second-order valence-corrected chi connectivity index (χ2v) is 5.18. The van der Waals surface area contributed by atoms with Gasteiger partial charge in [0.1, 0.15) is 0 Å². The Morgan fingerprint density at radius 1 is 1.45 bits per heavy atom. The fraction of sp³-hybridized carbons (Fsp3) is 0.357.